The number of carbonyl (C=O) groups excluding carboxylic acids is 1. The summed E-state index contributed by atoms with van der Waals surface area (Å²) in [4.78, 5) is 10.5. The fourth-order valence-electron chi connectivity index (χ4n) is 2.46. The third-order valence-corrected chi connectivity index (χ3v) is 5.16. The monoisotopic (exact) mass is 543 g/mol. The molecule has 2 rings (SSSR count). The second kappa shape index (κ2) is 38.0. The molecule has 228 valence electrons. The molecule has 0 N–H and O–H groups in total. The predicted molar refractivity (Wildman–Crippen MR) is 185 cm³/mol. The van der Waals surface area contributed by atoms with E-state index in [9.17, 15) is 4.79 Å². The number of hydrogen-bond acceptors (Lipinski definition) is 1. The van der Waals surface area contributed by atoms with E-state index in [1.165, 1.54) is 75.0 Å². The van der Waals surface area contributed by atoms with E-state index in [4.69, 9.17) is 0 Å². The average Bonchev–Trinajstić information content (AvgIpc) is 3.38. The largest absolute Gasteiger partial charge is 0.295 e. The first-order chi connectivity index (χ1) is 18.3. The zero-order chi connectivity index (χ0) is 31.6. The molecule has 1 aliphatic carbocycles. The molecular formula is C38H70O. The molecule has 0 aliphatic heterocycles. The molecule has 0 saturated heterocycles. The van der Waals surface area contributed by atoms with Crippen LogP contribution < -0.4 is 0 Å². The molecule has 39 heavy (non-hydrogen) atoms. The molecule has 0 aromatic heterocycles. The van der Waals surface area contributed by atoms with Gasteiger partial charge in [-0.2, -0.15) is 0 Å². The number of allylic oxidation sites excluding steroid dienone is 6. The summed E-state index contributed by atoms with van der Waals surface area (Å²) in [5.41, 5.74) is 5.82. The van der Waals surface area contributed by atoms with Crippen LogP contribution in [0.15, 0.2) is 72.4 Å². The summed E-state index contributed by atoms with van der Waals surface area (Å²) in [6.07, 6.45) is 16.5. The van der Waals surface area contributed by atoms with Crippen molar-refractivity contribution in [2.45, 2.75) is 148 Å². The van der Waals surface area contributed by atoms with Gasteiger partial charge >= 0.3 is 0 Å². The Bertz CT molecular complexity index is 677. The van der Waals surface area contributed by atoms with Crippen LogP contribution in [-0.2, 0) is 4.79 Å². The van der Waals surface area contributed by atoms with Crippen LogP contribution >= 0.6 is 0 Å². The van der Waals surface area contributed by atoms with Gasteiger partial charge in [0.05, 0.1) is 0 Å². The molecule has 0 bridgehead atoms. The van der Waals surface area contributed by atoms with Gasteiger partial charge in [-0.15, -0.1) is 6.58 Å². The van der Waals surface area contributed by atoms with E-state index in [-0.39, 0.29) is 5.78 Å². The number of ketones is 1. The molecule has 0 amide bonds. The van der Waals surface area contributed by atoms with Crippen molar-refractivity contribution >= 4 is 5.78 Å². The lowest BCUT2D eigenvalue weighted by molar-refractivity contribution is -0.112. The standard InChI is InChI=1S/C10H14O.C8H10.C6H12.C4H8.2C4H10.C2H6/c1-5-10(8(2)3)7-6-9(4)11;1-7-3-5-8(2)6-4-7;1-6-4-2-3-5-6;1-4(2)3;2*1-3-4-2;1-2/h5-7H,2H2,1,3-4H3;3-6H,1-2H3;6H,2-5H2,1H3;1H2,2-3H3;2*3-4H2,1-2H3;1-2H3/b7-6-,10-5-;;;;;;. The van der Waals surface area contributed by atoms with Crippen LogP contribution in [0.2, 0.25) is 0 Å². The third kappa shape index (κ3) is 53.0. The lowest BCUT2D eigenvalue weighted by Crippen LogP contribution is -1.83. The minimum atomic E-state index is 0.0607. The Kier molecular flexibility index (Phi) is 45.5. The molecule has 0 atom stereocenters. The molecule has 0 spiro atoms. The van der Waals surface area contributed by atoms with E-state index in [1.54, 1.807) is 12.2 Å². The number of carbonyl (C=O) groups is 1. The van der Waals surface area contributed by atoms with E-state index in [0.717, 1.165) is 17.1 Å². The highest BCUT2D eigenvalue weighted by Crippen LogP contribution is 2.22. The fourth-order valence-corrected chi connectivity index (χ4v) is 2.46. The molecule has 0 radical (unpaired) electrons. The van der Waals surface area contributed by atoms with Crippen molar-refractivity contribution in [2.24, 2.45) is 5.92 Å². The summed E-state index contributed by atoms with van der Waals surface area (Å²) in [5, 5.41) is 0. The van der Waals surface area contributed by atoms with Gasteiger partial charge in [0.1, 0.15) is 0 Å². The lowest BCUT2D eigenvalue weighted by Gasteiger charge is -1.96. The zero-order valence-electron chi connectivity index (χ0n) is 29.1. The van der Waals surface area contributed by atoms with Crippen LogP contribution in [0.3, 0.4) is 0 Å². The topological polar surface area (TPSA) is 17.1 Å². The van der Waals surface area contributed by atoms with Gasteiger partial charge in [0.15, 0.2) is 5.78 Å². The van der Waals surface area contributed by atoms with Gasteiger partial charge in [-0.25, -0.2) is 0 Å². The highest BCUT2D eigenvalue weighted by molar-refractivity contribution is 5.87. The number of rotatable bonds is 5. The fraction of sp³-hybridized carbons (Fsp3) is 0.605. The van der Waals surface area contributed by atoms with Crippen molar-refractivity contribution in [1.29, 1.82) is 0 Å². The highest BCUT2D eigenvalue weighted by Gasteiger charge is 2.07. The molecule has 1 nitrogen and oxygen atoms in total. The summed E-state index contributed by atoms with van der Waals surface area (Å²) in [6.45, 7) is 35.9. The summed E-state index contributed by atoms with van der Waals surface area (Å²) in [7, 11) is 0. The van der Waals surface area contributed by atoms with Crippen molar-refractivity contribution in [1.82, 2.24) is 0 Å². The first-order valence-corrected chi connectivity index (χ1v) is 15.5. The molecule has 1 aromatic carbocycles. The Balaban J connectivity index is -0.000000123. The van der Waals surface area contributed by atoms with E-state index in [0.29, 0.717) is 0 Å². The molecule has 1 fully saturated rings. The minimum absolute atomic E-state index is 0.0607. The summed E-state index contributed by atoms with van der Waals surface area (Å²) >= 11 is 0. The number of aryl methyl sites for hydroxylation is 2. The maximum absolute atomic E-state index is 10.5. The second-order valence-corrected chi connectivity index (χ2v) is 10.2. The van der Waals surface area contributed by atoms with Crippen LogP contribution in [0, 0.1) is 19.8 Å². The average molecular weight is 543 g/mol. The maximum Gasteiger partial charge on any atom is 0.152 e. The van der Waals surface area contributed by atoms with Crippen LogP contribution in [-0.4, -0.2) is 5.78 Å². The third-order valence-electron chi connectivity index (χ3n) is 5.16. The van der Waals surface area contributed by atoms with Gasteiger partial charge in [-0.05, 0) is 66.0 Å². The van der Waals surface area contributed by atoms with E-state index < -0.39 is 0 Å². The van der Waals surface area contributed by atoms with Crippen molar-refractivity contribution in [3.63, 3.8) is 0 Å². The predicted octanol–water partition coefficient (Wildman–Crippen LogP) is 13.4. The Hall–Kier alpha value is -2.15. The van der Waals surface area contributed by atoms with Gasteiger partial charge in [0.2, 0.25) is 0 Å². The van der Waals surface area contributed by atoms with Gasteiger partial charge in [0, 0.05) is 0 Å². The smallest absolute Gasteiger partial charge is 0.152 e. The quantitative estimate of drug-likeness (QED) is 0.205. The van der Waals surface area contributed by atoms with Crippen molar-refractivity contribution < 1.29 is 4.79 Å². The van der Waals surface area contributed by atoms with Gasteiger partial charge < -0.3 is 0 Å². The Morgan fingerprint density at radius 3 is 1.23 bits per heavy atom. The Morgan fingerprint density at radius 1 is 0.769 bits per heavy atom. The molecule has 1 aliphatic rings. The number of benzene rings is 1. The summed E-state index contributed by atoms with van der Waals surface area (Å²) in [6, 6.07) is 8.48. The number of hydrogen-bond donors (Lipinski definition) is 0. The van der Waals surface area contributed by atoms with Crippen LogP contribution in [0.4, 0.5) is 0 Å². The first kappa shape index (κ1) is 46.7. The van der Waals surface area contributed by atoms with Crippen LogP contribution in [0.1, 0.15) is 146 Å². The molecular weight excluding hydrogens is 472 g/mol. The van der Waals surface area contributed by atoms with E-state index >= 15 is 0 Å². The molecule has 0 unspecified atom stereocenters. The van der Waals surface area contributed by atoms with Gasteiger partial charge in [-0.1, -0.05) is 165 Å². The Morgan fingerprint density at radius 2 is 1.08 bits per heavy atom. The SMILES string of the molecule is C=C(C)C.C=C(C)C(/C=C\C(C)=O)=C\C.CC.CC1CCCC1.CCCC.CCCC.Cc1ccc(C)cc1. The van der Waals surface area contributed by atoms with Gasteiger partial charge in [0.25, 0.3) is 0 Å². The Labute approximate surface area is 248 Å². The number of unbranched alkanes of at least 4 members (excludes halogenated alkanes) is 2. The van der Waals surface area contributed by atoms with E-state index in [2.05, 4.69) is 85.9 Å². The summed E-state index contributed by atoms with van der Waals surface area (Å²) < 4.78 is 0. The van der Waals surface area contributed by atoms with E-state index in [1.807, 2.05) is 47.6 Å². The molecule has 1 saturated carbocycles. The van der Waals surface area contributed by atoms with Crippen LogP contribution in [0.25, 0.3) is 0 Å². The molecule has 0 heterocycles. The zero-order valence-corrected chi connectivity index (χ0v) is 29.1. The van der Waals surface area contributed by atoms with Crippen molar-refractivity contribution in [2.75, 3.05) is 0 Å². The highest BCUT2D eigenvalue weighted by atomic mass is 16.1. The second-order valence-electron chi connectivity index (χ2n) is 10.2. The van der Waals surface area contributed by atoms with Crippen molar-refractivity contribution in [3.05, 3.63) is 83.5 Å². The van der Waals surface area contributed by atoms with Gasteiger partial charge in [-0.3, -0.25) is 4.79 Å². The lowest BCUT2D eigenvalue weighted by atomic mass is 10.1. The molecule has 1 heteroatoms. The maximum atomic E-state index is 10.5. The normalized spacial score (nSPS) is 11.6. The summed E-state index contributed by atoms with van der Waals surface area (Å²) in [5.74, 6) is 1.11. The minimum Gasteiger partial charge on any atom is -0.295 e. The first-order valence-electron chi connectivity index (χ1n) is 15.5. The molecule has 1 aromatic rings. The van der Waals surface area contributed by atoms with Crippen molar-refractivity contribution in [3.8, 4) is 0 Å². The van der Waals surface area contributed by atoms with Crippen LogP contribution in [0.5, 0.6) is 0 Å².